The van der Waals surface area contributed by atoms with Crippen LogP contribution in [0.25, 0.3) is 10.2 Å². The van der Waals surface area contributed by atoms with Crippen LogP contribution in [0.15, 0.2) is 24.5 Å². The maximum absolute atomic E-state index is 12.3. The molecule has 0 aliphatic heterocycles. The molecule has 0 atom stereocenters. The molecule has 7 heteroatoms. The van der Waals surface area contributed by atoms with Gasteiger partial charge < -0.3 is 4.74 Å². The van der Waals surface area contributed by atoms with E-state index in [2.05, 4.69) is 20.3 Å². The lowest BCUT2D eigenvalue weighted by atomic mass is 10.2. The molecule has 0 unspecified atom stereocenters. The predicted octanol–water partition coefficient (Wildman–Crippen LogP) is 2.96. The van der Waals surface area contributed by atoms with E-state index in [1.165, 1.54) is 17.7 Å². The normalized spacial score (nSPS) is 10.7. The van der Waals surface area contributed by atoms with Gasteiger partial charge in [-0.3, -0.25) is 10.1 Å². The van der Waals surface area contributed by atoms with Crippen LogP contribution in [0, 0.1) is 13.8 Å². The van der Waals surface area contributed by atoms with Crippen molar-refractivity contribution in [3.8, 4) is 5.75 Å². The van der Waals surface area contributed by atoms with Gasteiger partial charge in [0, 0.05) is 17.3 Å². The number of carbonyl (C=O) groups is 1. The molecule has 0 bridgehead atoms. The highest BCUT2D eigenvalue weighted by atomic mass is 32.1. The minimum atomic E-state index is -0.283. The van der Waals surface area contributed by atoms with Gasteiger partial charge in [0.1, 0.15) is 17.8 Å². The molecular formula is C15H14N4O2S. The number of hydrogen-bond acceptors (Lipinski definition) is 6. The molecule has 0 saturated carbocycles. The van der Waals surface area contributed by atoms with Gasteiger partial charge in [-0.2, -0.15) is 0 Å². The zero-order valence-electron chi connectivity index (χ0n) is 12.4. The maximum atomic E-state index is 12.3. The molecule has 1 N–H and O–H groups in total. The standard InChI is InChI=1S/C15H14N4O2S/c1-8-9(2)16-7-17-13(8)14(20)19-15-18-11-6-10(21-3)4-5-12(11)22-15/h4-7H,1-3H3,(H,18,19,20). The summed E-state index contributed by atoms with van der Waals surface area (Å²) in [4.78, 5) is 24.8. The van der Waals surface area contributed by atoms with E-state index in [4.69, 9.17) is 4.74 Å². The van der Waals surface area contributed by atoms with E-state index < -0.39 is 0 Å². The summed E-state index contributed by atoms with van der Waals surface area (Å²) >= 11 is 1.41. The van der Waals surface area contributed by atoms with Crippen LogP contribution in [0.2, 0.25) is 0 Å². The van der Waals surface area contributed by atoms with Gasteiger partial charge in [0.25, 0.3) is 5.91 Å². The summed E-state index contributed by atoms with van der Waals surface area (Å²) in [6.07, 6.45) is 1.39. The molecule has 112 valence electrons. The van der Waals surface area contributed by atoms with Crippen molar-refractivity contribution in [1.82, 2.24) is 15.0 Å². The fraction of sp³-hybridized carbons (Fsp3) is 0.200. The zero-order chi connectivity index (χ0) is 15.7. The van der Waals surface area contributed by atoms with Crippen molar-refractivity contribution < 1.29 is 9.53 Å². The van der Waals surface area contributed by atoms with Gasteiger partial charge in [-0.25, -0.2) is 15.0 Å². The van der Waals surface area contributed by atoms with Crippen LogP contribution in [0.3, 0.4) is 0 Å². The highest BCUT2D eigenvalue weighted by Crippen LogP contribution is 2.29. The summed E-state index contributed by atoms with van der Waals surface area (Å²) in [6, 6.07) is 5.62. The molecule has 6 nitrogen and oxygen atoms in total. The first-order valence-electron chi connectivity index (χ1n) is 6.62. The minimum Gasteiger partial charge on any atom is -0.497 e. The SMILES string of the molecule is COc1ccc2sc(NC(=O)c3ncnc(C)c3C)nc2c1. The number of amides is 1. The van der Waals surface area contributed by atoms with E-state index in [9.17, 15) is 4.79 Å². The Morgan fingerprint density at radius 1 is 1.27 bits per heavy atom. The first-order valence-corrected chi connectivity index (χ1v) is 7.44. The Morgan fingerprint density at radius 3 is 2.86 bits per heavy atom. The number of nitrogens with one attached hydrogen (secondary N) is 1. The van der Waals surface area contributed by atoms with Crippen LogP contribution in [0.4, 0.5) is 5.13 Å². The summed E-state index contributed by atoms with van der Waals surface area (Å²) in [5, 5.41) is 3.32. The largest absolute Gasteiger partial charge is 0.497 e. The average molecular weight is 314 g/mol. The molecular weight excluding hydrogens is 300 g/mol. The average Bonchev–Trinajstić information content (AvgIpc) is 2.90. The summed E-state index contributed by atoms with van der Waals surface area (Å²) < 4.78 is 6.15. The van der Waals surface area contributed by atoms with E-state index in [0.29, 0.717) is 10.8 Å². The quantitative estimate of drug-likeness (QED) is 0.804. The summed E-state index contributed by atoms with van der Waals surface area (Å²) in [7, 11) is 1.61. The van der Waals surface area contributed by atoms with Crippen LogP contribution in [0.5, 0.6) is 5.75 Å². The number of aromatic nitrogens is 3. The summed E-state index contributed by atoms with van der Waals surface area (Å²) in [5.74, 6) is 0.451. The second kappa shape index (κ2) is 5.69. The smallest absolute Gasteiger partial charge is 0.276 e. The Bertz CT molecular complexity index is 860. The van der Waals surface area contributed by atoms with Crippen LogP contribution >= 0.6 is 11.3 Å². The summed E-state index contributed by atoms with van der Waals surface area (Å²) in [5.41, 5.74) is 2.71. The molecule has 0 spiro atoms. The van der Waals surface area contributed by atoms with E-state index in [1.807, 2.05) is 32.0 Å². The van der Waals surface area contributed by atoms with E-state index >= 15 is 0 Å². The minimum absolute atomic E-state index is 0.283. The van der Waals surface area contributed by atoms with Gasteiger partial charge >= 0.3 is 0 Å². The fourth-order valence-corrected chi connectivity index (χ4v) is 2.85. The molecule has 1 aromatic carbocycles. The van der Waals surface area contributed by atoms with Gasteiger partial charge in [0.15, 0.2) is 5.13 Å². The van der Waals surface area contributed by atoms with Crippen LogP contribution < -0.4 is 10.1 Å². The van der Waals surface area contributed by atoms with Crippen LogP contribution in [-0.4, -0.2) is 28.0 Å². The number of nitrogens with zero attached hydrogens (tertiary/aromatic N) is 3. The van der Waals surface area contributed by atoms with Crippen molar-refractivity contribution in [3.05, 3.63) is 41.5 Å². The predicted molar refractivity (Wildman–Crippen MR) is 85.6 cm³/mol. The molecule has 0 radical (unpaired) electrons. The Balaban J connectivity index is 1.89. The molecule has 3 rings (SSSR count). The number of hydrogen-bond donors (Lipinski definition) is 1. The van der Waals surface area contributed by atoms with Crippen molar-refractivity contribution in [3.63, 3.8) is 0 Å². The third-order valence-electron chi connectivity index (χ3n) is 3.37. The second-order valence-electron chi connectivity index (χ2n) is 4.74. The van der Waals surface area contributed by atoms with Gasteiger partial charge in [-0.15, -0.1) is 0 Å². The van der Waals surface area contributed by atoms with E-state index in [1.54, 1.807) is 7.11 Å². The lowest BCUT2D eigenvalue weighted by molar-refractivity contribution is 0.102. The number of benzene rings is 1. The van der Waals surface area contributed by atoms with E-state index in [-0.39, 0.29) is 5.91 Å². The topological polar surface area (TPSA) is 77.0 Å². The van der Waals surface area contributed by atoms with Gasteiger partial charge in [0.05, 0.1) is 17.3 Å². The number of ether oxygens (including phenoxy) is 1. The highest BCUT2D eigenvalue weighted by Gasteiger charge is 2.15. The van der Waals surface area contributed by atoms with Gasteiger partial charge in [-0.1, -0.05) is 11.3 Å². The molecule has 2 aromatic heterocycles. The molecule has 0 aliphatic carbocycles. The van der Waals surface area contributed by atoms with Gasteiger partial charge in [-0.05, 0) is 26.0 Å². The first-order chi connectivity index (χ1) is 10.6. The van der Waals surface area contributed by atoms with Crippen molar-refractivity contribution >= 4 is 32.6 Å². The zero-order valence-corrected chi connectivity index (χ0v) is 13.2. The molecule has 0 fully saturated rings. The molecule has 0 saturated heterocycles. The molecule has 1 amide bonds. The molecule has 0 aliphatic rings. The van der Waals surface area contributed by atoms with Gasteiger partial charge in [0.2, 0.25) is 0 Å². The van der Waals surface area contributed by atoms with Crippen molar-refractivity contribution in [2.75, 3.05) is 12.4 Å². The number of methoxy groups -OCH3 is 1. The Labute approximate surface area is 131 Å². The highest BCUT2D eigenvalue weighted by molar-refractivity contribution is 7.22. The fourth-order valence-electron chi connectivity index (χ4n) is 2.01. The lowest BCUT2D eigenvalue weighted by Gasteiger charge is -2.05. The van der Waals surface area contributed by atoms with Crippen LogP contribution in [0.1, 0.15) is 21.7 Å². The Kier molecular flexibility index (Phi) is 3.72. The third kappa shape index (κ3) is 2.62. The number of fused-ring (bicyclic) bond motifs is 1. The first kappa shape index (κ1) is 14.4. The Hall–Kier alpha value is -2.54. The maximum Gasteiger partial charge on any atom is 0.276 e. The molecule has 3 aromatic rings. The van der Waals surface area contributed by atoms with Crippen molar-refractivity contribution in [2.45, 2.75) is 13.8 Å². The van der Waals surface area contributed by atoms with E-state index in [0.717, 1.165) is 27.2 Å². The summed E-state index contributed by atoms with van der Waals surface area (Å²) in [6.45, 7) is 3.67. The molecule has 2 heterocycles. The monoisotopic (exact) mass is 314 g/mol. The number of aryl methyl sites for hydroxylation is 1. The molecule has 22 heavy (non-hydrogen) atoms. The number of rotatable bonds is 3. The van der Waals surface area contributed by atoms with Crippen molar-refractivity contribution in [1.29, 1.82) is 0 Å². The Morgan fingerprint density at radius 2 is 2.09 bits per heavy atom. The third-order valence-corrected chi connectivity index (χ3v) is 4.32. The second-order valence-corrected chi connectivity index (χ2v) is 5.77. The van der Waals surface area contributed by atoms with Crippen LogP contribution in [-0.2, 0) is 0 Å². The number of anilines is 1. The van der Waals surface area contributed by atoms with Crippen molar-refractivity contribution in [2.24, 2.45) is 0 Å². The number of thiazole rings is 1. The number of carbonyl (C=O) groups excluding carboxylic acids is 1. The lowest BCUT2D eigenvalue weighted by Crippen LogP contribution is -2.16.